The fraction of sp³-hybridized carbons (Fsp3) is 0. The number of thiophene rings is 1. The number of hydrogen-bond donors (Lipinski definition) is 0. The van der Waals surface area contributed by atoms with Crippen molar-refractivity contribution >= 4 is 21.4 Å². The molecule has 0 aliphatic heterocycles. The second-order valence-electron chi connectivity index (χ2n) is 9.60. The predicted molar refractivity (Wildman–Crippen MR) is 183 cm³/mol. The van der Waals surface area contributed by atoms with Crippen LogP contribution in [-0.2, 0) is 42.1 Å². The molecule has 0 amide bonds. The van der Waals surface area contributed by atoms with E-state index >= 15 is 0 Å². The van der Waals surface area contributed by atoms with Gasteiger partial charge < -0.3 is 0 Å². The largest absolute Gasteiger partial charge is 0.295 e. The van der Waals surface area contributed by atoms with Gasteiger partial charge in [0.1, 0.15) is 0 Å². The SMILES string of the molecule is [Pt].[Pt].[c-]1cccc2sc[c-]c12.[c-]1ccccc1-c1[c-]c(-c2ccccn2)ccc1.c1ccc(-c2cccc(-c3ccccn3)n2)nc1. The maximum absolute atomic E-state index is 4.59. The normalized spacial score (nSPS) is 9.79. The van der Waals surface area contributed by atoms with Gasteiger partial charge in [0, 0.05) is 66.4 Å². The third-order valence-corrected chi connectivity index (χ3v) is 7.38. The van der Waals surface area contributed by atoms with Crippen LogP contribution < -0.4 is 0 Å². The zero-order valence-electron chi connectivity index (χ0n) is 24.8. The van der Waals surface area contributed by atoms with Crippen LogP contribution in [0, 0.1) is 24.3 Å². The van der Waals surface area contributed by atoms with E-state index in [9.17, 15) is 0 Å². The summed E-state index contributed by atoms with van der Waals surface area (Å²) in [5, 5.41) is 3.06. The fourth-order valence-electron chi connectivity index (χ4n) is 4.39. The van der Waals surface area contributed by atoms with Gasteiger partial charge in [-0.1, -0.05) is 30.3 Å². The van der Waals surface area contributed by atoms with Crippen LogP contribution in [0.15, 0.2) is 157 Å². The minimum absolute atomic E-state index is 0. The van der Waals surface area contributed by atoms with Crippen molar-refractivity contribution in [1.29, 1.82) is 0 Å². The van der Waals surface area contributed by atoms with E-state index in [1.54, 1.807) is 29.9 Å². The molecule has 0 atom stereocenters. The number of hydrogen-bond acceptors (Lipinski definition) is 5. The first-order chi connectivity index (χ1) is 22.3. The summed E-state index contributed by atoms with van der Waals surface area (Å²) in [6, 6.07) is 56.1. The van der Waals surface area contributed by atoms with Crippen molar-refractivity contribution in [2.75, 3.05) is 0 Å². The molecule has 8 aromatic rings. The van der Waals surface area contributed by atoms with Gasteiger partial charge in [0.05, 0.1) is 22.8 Å². The zero-order chi connectivity index (χ0) is 30.5. The Hall–Kier alpha value is -4.40. The van der Waals surface area contributed by atoms with Crippen molar-refractivity contribution in [1.82, 2.24) is 19.9 Å². The molecule has 3 aromatic carbocycles. The molecule has 5 aromatic heterocycles. The van der Waals surface area contributed by atoms with E-state index < -0.39 is 0 Å². The van der Waals surface area contributed by atoms with Crippen LogP contribution in [-0.4, -0.2) is 19.9 Å². The Bertz CT molecular complexity index is 1800. The van der Waals surface area contributed by atoms with Crippen molar-refractivity contribution in [2.45, 2.75) is 0 Å². The molecule has 0 bridgehead atoms. The Morgan fingerprint density at radius 3 is 1.57 bits per heavy atom. The maximum atomic E-state index is 4.59. The summed E-state index contributed by atoms with van der Waals surface area (Å²) in [5.41, 5.74) is 7.50. The Morgan fingerprint density at radius 1 is 0.426 bits per heavy atom. The van der Waals surface area contributed by atoms with Crippen molar-refractivity contribution in [3.05, 3.63) is 182 Å². The summed E-state index contributed by atoms with van der Waals surface area (Å²) in [4.78, 5) is 17.5. The van der Waals surface area contributed by atoms with E-state index in [-0.39, 0.29) is 42.1 Å². The summed E-state index contributed by atoms with van der Waals surface area (Å²) in [6.07, 6.45) is 5.33. The van der Waals surface area contributed by atoms with Crippen molar-refractivity contribution in [2.24, 2.45) is 0 Å². The van der Waals surface area contributed by atoms with Crippen LogP contribution in [0.4, 0.5) is 0 Å². The van der Waals surface area contributed by atoms with Gasteiger partial charge in [-0.25, -0.2) is 28.7 Å². The maximum Gasteiger partial charge on any atom is 0.0894 e. The molecule has 0 aliphatic rings. The van der Waals surface area contributed by atoms with Crippen molar-refractivity contribution in [3.8, 4) is 45.2 Å². The Labute approximate surface area is 308 Å². The Morgan fingerprint density at radius 2 is 0.979 bits per heavy atom. The molecule has 47 heavy (non-hydrogen) atoms. The Kier molecular flexibility index (Phi) is 14.1. The van der Waals surface area contributed by atoms with Gasteiger partial charge in [-0.05, 0) is 42.5 Å². The second kappa shape index (κ2) is 18.7. The zero-order valence-corrected chi connectivity index (χ0v) is 30.2. The molecular weight excluding hydrogens is 959 g/mol. The number of benzene rings is 3. The summed E-state index contributed by atoms with van der Waals surface area (Å²) in [5.74, 6) is 0. The molecule has 0 radical (unpaired) electrons. The number of pyridine rings is 4. The van der Waals surface area contributed by atoms with E-state index in [2.05, 4.69) is 50.3 Å². The van der Waals surface area contributed by atoms with Gasteiger partial charge in [0.25, 0.3) is 0 Å². The Balaban J connectivity index is 0.000000164. The quantitative estimate of drug-likeness (QED) is 0.165. The molecule has 236 valence electrons. The molecule has 0 aliphatic carbocycles. The van der Waals surface area contributed by atoms with E-state index in [1.807, 2.05) is 133 Å². The van der Waals surface area contributed by atoms with Gasteiger partial charge in [0.2, 0.25) is 0 Å². The van der Waals surface area contributed by atoms with E-state index in [0.29, 0.717) is 0 Å². The molecule has 0 saturated carbocycles. The van der Waals surface area contributed by atoms with E-state index in [0.717, 1.165) is 50.5 Å². The number of nitrogens with zero attached hydrogens (tertiary/aromatic N) is 4. The van der Waals surface area contributed by atoms with Crippen LogP contribution >= 0.6 is 11.3 Å². The number of fused-ring (bicyclic) bond motifs is 1. The van der Waals surface area contributed by atoms with Crippen molar-refractivity contribution in [3.63, 3.8) is 0 Å². The second-order valence-corrected chi connectivity index (χ2v) is 10.5. The number of rotatable bonds is 4. The van der Waals surface area contributed by atoms with Crippen LogP contribution in [0.1, 0.15) is 0 Å². The minimum Gasteiger partial charge on any atom is -0.295 e. The molecule has 0 unspecified atom stereocenters. The van der Waals surface area contributed by atoms with Crippen LogP contribution in [0.5, 0.6) is 0 Å². The molecule has 0 spiro atoms. The molecule has 8 rings (SSSR count). The fourth-order valence-corrected chi connectivity index (χ4v) is 5.09. The van der Waals surface area contributed by atoms with E-state index in [1.165, 1.54) is 4.70 Å². The molecule has 4 nitrogen and oxygen atoms in total. The minimum atomic E-state index is 0. The van der Waals surface area contributed by atoms with Gasteiger partial charge >= 0.3 is 0 Å². The van der Waals surface area contributed by atoms with Crippen LogP contribution in [0.3, 0.4) is 0 Å². The average molecular weight is 985 g/mol. The van der Waals surface area contributed by atoms with Gasteiger partial charge in [-0.2, -0.15) is 46.7 Å². The average Bonchev–Trinajstić information content (AvgIpc) is 3.63. The van der Waals surface area contributed by atoms with Gasteiger partial charge in [-0.15, -0.1) is 29.1 Å². The first-order valence-corrected chi connectivity index (χ1v) is 15.2. The molecular formula is C40H26N4Pt2S-4. The smallest absolute Gasteiger partial charge is 0.0894 e. The molecule has 5 heterocycles. The summed E-state index contributed by atoms with van der Waals surface area (Å²) in [7, 11) is 0. The molecule has 0 N–H and O–H groups in total. The first-order valence-electron chi connectivity index (χ1n) is 14.3. The third kappa shape index (κ3) is 10.0. The number of aromatic nitrogens is 4. The molecule has 7 heteroatoms. The summed E-state index contributed by atoms with van der Waals surface area (Å²) < 4.78 is 1.26. The monoisotopic (exact) mass is 984 g/mol. The molecule has 0 saturated heterocycles. The standard InChI is InChI=1S/C17H11N.C15H11N3.C8H4S.2Pt/c1-2-7-14(8-3-1)15-9-6-10-16(13-15)17-11-4-5-12-18-17;1-3-10-16-12(6-1)14-8-5-9-15(18-14)13-7-2-4-11-17-13;1-2-4-8-7(3-1)5-6-9-8;;/h1-7,9-12H;1-11H;1-2,4,6H;;/q-2;;-2;;. The summed E-state index contributed by atoms with van der Waals surface area (Å²) >= 11 is 1.70. The van der Waals surface area contributed by atoms with E-state index in [4.69, 9.17) is 0 Å². The summed E-state index contributed by atoms with van der Waals surface area (Å²) in [6.45, 7) is 0. The van der Waals surface area contributed by atoms with Crippen LogP contribution in [0.25, 0.3) is 55.2 Å². The van der Waals surface area contributed by atoms with Crippen molar-refractivity contribution < 1.29 is 42.1 Å². The van der Waals surface area contributed by atoms with Gasteiger partial charge in [0.15, 0.2) is 0 Å². The predicted octanol–water partition coefficient (Wildman–Crippen LogP) is 9.72. The van der Waals surface area contributed by atoms with Gasteiger partial charge in [-0.3, -0.25) is 43.8 Å². The molecule has 0 fully saturated rings. The van der Waals surface area contributed by atoms with Crippen LogP contribution in [0.2, 0.25) is 0 Å². The first kappa shape index (κ1) is 35.5. The third-order valence-electron chi connectivity index (χ3n) is 6.55. The topological polar surface area (TPSA) is 51.6 Å².